The highest BCUT2D eigenvalue weighted by Gasteiger charge is 2.20. The van der Waals surface area contributed by atoms with Gasteiger partial charge in [-0.15, -0.1) is 0 Å². The minimum Gasteiger partial charge on any atom is -0.463 e. The number of nitrogens with one attached hydrogen (secondary N) is 1. The monoisotopic (exact) mass is 387 g/mol. The number of furan rings is 1. The fraction of sp³-hybridized carbons (Fsp3) is 0.0476. The van der Waals surface area contributed by atoms with E-state index in [1.54, 1.807) is 49.4 Å². The van der Waals surface area contributed by atoms with E-state index < -0.39 is 5.63 Å². The molecule has 0 aliphatic rings. The van der Waals surface area contributed by atoms with Crippen molar-refractivity contribution >= 4 is 33.7 Å². The Bertz CT molecular complexity index is 1430. The molecule has 29 heavy (non-hydrogen) atoms. The quantitative estimate of drug-likeness (QED) is 0.463. The molecule has 0 radical (unpaired) electrons. The van der Waals surface area contributed by atoms with Crippen LogP contribution in [0.2, 0.25) is 0 Å². The summed E-state index contributed by atoms with van der Waals surface area (Å²) in [5.74, 6) is 0.156. The maximum atomic E-state index is 13.1. The third-order valence-electron chi connectivity index (χ3n) is 4.51. The average molecular weight is 387 g/mol. The summed E-state index contributed by atoms with van der Waals surface area (Å²) in [6, 6.07) is 13.1. The van der Waals surface area contributed by atoms with Gasteiger partial charge in [0.15, 0.2) is 5.76 Å². The first-order valence-electron chi connectivity index (χ1n) is 8.75. The van der Waals surface area contributed by atoms with Crippen LogP contribution in [0.15, 0.2) is 72.9 Å². The lowest BCUT2D eigenvalue weighted by Gasteiger charge is -2.08. The second-order valence-corrected chi connectivity index (χ2v) is 6.44. The molecule has 0 atom stereocenters. The number of aryl methyl sites for hydroxylation is 1. The number of anilines is 1. The van der Waals surface area contributed by atoms with Gasteiger partial charge in [0.1, 0.15) is 11.3 Å². The molecule has 8 heteroatoms. The molecule has 4 aromatic heterocycles. The normalized spacial score (nSPS) is 11.2. The number of rotatable bonds is 3. The summed E-state index contributed by atoms with van der Waals surface area (Å²) in [7, 11) is 0. The van der Waals surface area contributed by atoms with E-state index in [4.69, 9.17) is 13.4 Å². The molecule has 0 spiro atoms. The zero-order valence-electron chi connectivity index (χ0n) is 15.1. The van der Waals surface area contributed by atoms with Gasteiger partial charge in [0, 0.05) is 17.1 Å². The standard InChI is InChI=1S/C21H13N3O5/c1-11-19-14(10-15(17-3-2-8-27-17)23-21(19)29-24-11)20(26)22-13-5-6-16-12(9-13)4-7-18(25)28-16/h2-10H,1H3,(H,22,26). The van der Waals surface area contributed by atoms with Crippen molar-refractivity contribution in [3.05, 3.63) is 76.5 Å². The Morgan fingerprint density at radius 2 is 2.00 bits per heavy atom. The zero-order valence-corrected chi connectivity index (χ0v) is 15.1. The number of hydrogen-bond acceptors (Lipinski definition) is 7. The number of fused-ring (bicyclic) bond motifs is 2. The summed E-state index contributed by atoms with van der Waals surface area (Å²) in [4.78, 5) is 28.8. The number of pyridine rings is 1. The highest BCUT2D eigenvalue weighted by molar-refractivity contribution is 6.13. The van der Waals surface area contributed by atoms with Crippen LogP contribution in [-0.2, 0) is 0 Å². The summed E-state index contributed by atoms with van der Waals surface area (Å²) in [5.41, 5.74) is 2.20. The average Bonchev–Trinajstić information content (AvgIpc) is 3.38. The van der Waals surface area contributed by atoms with Crippen LogP contribution >= 0.6 is 0 Å². The van der Waals surface area contributed by atoms with Crippen molar-refractivity contribution in [2.75, 3.05) is 5.32 Å². The first-order chi connectivity index (χ1) is 14.1. The fourth-order valence-electron chi connectivity index (χ4n) is 3.17. The topological polar surface area (TPSA) is 111 Å². The van der Waals surface area contributed by atoms with Crippen LogP contribution in [0.5, 0.6) is 0 Å². The molecule has 5 rings (SSSR count). The lowest BCUT2D eigenvalue weighted by molar-refractivity contribution is 0.102. The maximum Gasteiger partial charge on any atom is 0.336 e. The van der Waals surface area contributed by atoms with Crippen molar-refractivity contribution in [2.45, 2.75) is 6.92 Å². The lowest BCUT2D eigenvalue weighted by Crippen LogP contribution is -2.13. The number of amides is 1. The number of hydrogen-bond donors (Lipinski definition) is 1. The van der Waals surface area contributed by atoms with Gasteiger partial charge in [-0.2, -0.15) is 0 Å². The van der Waals surface area contributed by atoms with Crippen molar-refractivity contribution < 1.29 is 18.2 Å². The lowest BCUT2D eigenvalue weighted by atomic mass is 10.1. The van der Waals surface area contributed by atoms with Crippen LogP contribution in [0.1, 0.15) is 16.1 Å². The molecule has 5 aromatic rings. The highest BCUT2D eigenvalue weighted by atomic mass is 16.5. The van der Waals surface area contributed by atoms with Gasteiger partial charge in [-0.25, -0.2) is 9.78 Å². The van der Waals surface area contributed by atoms with Gasteiger partial charge in [-0.05, 0) is 49.4 Å². The number of nitrogens with zero attached hydrogens (tertiary/aromatic N) is 2. The van der Waals surface area contributed by atoms with E-state index in [-0.39, 0.29) is 11.6 Å². The summed E-state index contributed by atoms with van der Waals surface area (Å²) in [6.07, 6.45) is 1.53. The van der Waals surface area contributed by atoms with E-state index in [1.165, 1.54) is 12.3 Å². The van der Waals surface area contributed by atoms with Gasteiger partial charge in [0.2, 0.25) is 0 Å². The number of aromatic nitrogens is 2. The highest BCUT2D eigenvalue weighted by Crippen LogP contribution is 2.28. The smallest absolute Gasteiger partial charge is 0.336 e. The van der Waals surface area contributed by atoms with Gasteiger partial charge in [0.05, 0.1) is 22.9 Å². The molecule has 8 nitrogen and oxygen atoms in total. The molecule has 0 saturated carbocycles. The zero-order chi connectivity index (χ0) is 20.0. The summed E-state index contributed by atoms with van der Waals surface area (Å²) in [6.45, 7) is 1.74. The van der Waals surface area contributed by atoms with E-state index in [2.05, 4.69) is 15.5 Å². The molecular formula is C21H13N3O5. The first kappa shape index (κ1) is 16.9. The van der Waals surface area contributed by atoms with Crippen LogP contribution < -0.4 is 10.9 Å². The molecular weight excluding hydrogens is 374 g/mol. The minimum atomic E-state index is -0.429. The van der Waals surface area contributed by atoms with E-state index in [0.29, 0.717) is 44.8 Å². The van der Waals surface area contributed by atoms with Crippen LogP contribution in [0.25, 0.3) is 33.5 Å². The number of carbonyl (C=O) groups is 1. The predicted molar refractivity (Wildman–Crippen MR) is 105 cm³/mol. The van der Waals surface area contributed by atoms with E-state index in [0.717, 1.165) is 0 Å². The van der Waals surface area contributed by atoms with Crippen LogP contribution in [-0.4, -0.2) is 16.0 Å². The second kappa shape index (κ2) is 6.45. The van der Waals surface area contributed by atoms with Gasteiger partial charge >= 0.3 is 5.63 Å². The van der Waals surface area contributed by atoms with E-state index >= 15 is 0 Å². The Hall–Kier alpha value is -4.20. The minimum absolute atomic E-state index is 0.252. The summed E-state index contributed by atoms with van der Waals surface area (Å²) < 4.78 is 15.8. The molecule has 0 unspecified atom stereocenters. The Morgan fingerprint density at radius 1 is 1.10 bits per heavy atom. The molecule has 0 saturated heterocycles. The molecule has 4 heterocycles. The van der Waals surface area contributed by atoms with Crippen LogP contribution in [0, 0.1) is 6.92 Å². The predicted octanol–water partition coefficient (Wildman–Crippen LogP) is 4.15. The molecule has 0 aliphatic heterocycles. The van der Waals surface area contributed by atoms with Gasteiger partial charge < -0.3 is 18.7 Å². The molecule has 1 amide bonds. The van der Waals surface area contributed by atoms with Crippen molar-refractivity contribution in [3.8, 4) is 11.5 Å². The fourth-order valence-corrected chi connectivity index (χ4v) is 3.17. The third-order valence-corrected chi connectivity index (χ3v) is 4.51. The summed E-state index contributed by atoms with van der Waals surface area (Å²) in [5, 5.41) is 8.01. The van der Waals surface area contributed by atoms with Crippen molar-refractivity contribution in [1.82, 2.24) is 10.1 Å². The molecule has 0 aliphatic carbocycles. The van der Waals surface area contributed by atoms with Crippen LogP contribution in [0.3, 0.4) is 0 Å². The maximum absolute atomic E-state index is 13.1. The Labute approximate surface area is 162 Å². The number of benzene rings is 1. The van der Waals surface area contributed by atoms with Gasteiger partial charge in [0.25, 0.3) is 11.6 Å². The van der Waals surface area contributed by atoms with E-state index in [9.17, 15) is 9.59 Å². The Morgan fingerprint density at radius 3 is 2.83 bits per heavy atom. The Kier molecular flexibility index (Phi) is 3.77. The largest absolute Gasteiger partial charge is 0.463 e. The second-order valence-electron chi connectivity index (χ2n) is 6.44. The number of carbonyl (C=O) groups excluding carboxylic acids is 1. The van der Waals surface area contributed by atoms with Gasteiger partial charge in [-0.3, -0.25) is 4.79 Å². The van der Waals surface area contributed by atoms with E-state index in [1.807, 2.05) is 0 Å². The van der Waals surface area contributed by atoms with Crippen LogP contribution in [0.4, 0.5) is 5.69 Å². The van der Waals surface area contributed by atoms with Crippen molar-refractivity contribution in [3.63, 3.8) is 0 Å². The molecule has 1 N–H and O–H groups in total. The Balaban J connectivity index is 1.57. The summed E-state index contributed by atoms with van der Waals surface area (Å²) >= 11 is 0. The molecule has 142 valence electrons. The third kappa shape index (κ3) is 2.96. The van der Waals surface area contributed by atoms with Crippen molar-refractivity contribution in [1.29, 1.82) is 0 Å². The SMILES string of the molecule is Cc1noc2nc(-c3ccco3)cc(C(=O)Nc3ccc4oc(=O)ccc4c3)c12. The first-order valence-corrected chi connectivity index (χ1v) is 8.75. The van der Waals surface area contributed by atoms with Gasteiger partial charge in [-0.1, -0.05) is 5.16 Å². The molecule has 0 fully saturated rings. The van der Waals surface area contributed by atoms with Crippen molar-refractivity contribution in [2.24, 2.45) is 0 Å². The molecule has 0 bridgehead atoms. The molecule has 1 aromatic carbocycles.